The van der Waals surface area contributed by atoms with Crippen LogP contribution in [0.4, 0.5) is 0 Å². The predicted molar refractivity (Wildman–Crippen MR) is 60.9 cm³/mol. The molecule has 110 valence electrons. The first kappa shape index (κ1) is 17.3. The van der Waals surface area contributed by atoms with E-state index in [0.29, 0.717) is 0 Å². The van der Waals surface area contributed by atoms with Crippen LogP contribution in [0.15, 0.2) is 0 Å². The highest BCUT2D eigenvalue weighted by Gasteiger charge is 2.57. The lowest BCUT2D eigenvalue weighted by molar-refractivity contribution is -0.203. The molecular weight excluding hydrogens is 260 g/mol. The molecule has 1 unspecified atom stereocenters. The Morgan fingerprint density at radius 3 is 1.63 bits per heavy atom. The van der Waals surface area contributed by atoms with Crippen LogP contribution in [0.3, 0.4) is 0 Å². The largest absolute Gasteiger partial charge is 0.464 e. The monoisotopic (exact) mass is 278 g/mol. The van der Waals surface area contributed by atoms with E-state index in [9.17, 15) is 24.6 Å². The van der Waals surface area contributed by atoms with Crippen molar-refractivity contribution in [2.45, 2.75) is 32.5 Å². The Morgan fingerprint density at radius 1 is 0.947 bits per heavy atom. The van der Waals surface area contributed by atoms with Crippen LogP contribution in [0.1, 0.15) is 20.8 Å². The quantitative estimate of drug-likeness (QED) is 0.337. The molecule has 0 fully saturated rings. The van der Waals surface area contributed by atoms with Gasteiger partial charge in [0, 0.05) is 0 Å². The fraction of sp³-hybridized carbons (Fsp3) is 0.727. The Bertz CT molecular complexity index is 320. The van der Waals surface area contributed by atoms with Gasteiger partial charge in [-0.2, -0.15) is 0 Å². The Morgan fingerprint density at radius 2 is 1.32 bits per heavy atom. The molecule has 0 radical (unpaired) electrons. The number of hydrogen-bond acceptors (Lipinski definition) is 8. The molecular formula is C11H18O8. The molecule has 0 aliphatic heterocycles. The highest BCUT2D eigenvalue weighted by molar-refractivity contribution is 6.08. The summed E-state index contributed by atoms with van der Waals surface area (Å²) in [5.74, 6) is -4.28. The summed E-state index contributed by atoms with van der Waals surface area (Å²) >= 11 is 0. The number of aliphatic hydroxyl groups excluding tert-OH is 1. The maximum atomic E-state index is 11.6. The van der Waals surface area contributed by atoms with Gasteiger partial charge in [-0.05, 0) is 20.8 Å². The molecule has 0 spiro atoms. The third-order valence-electron chi connectivity index (χ3n) is 2.08. The van der Waals surface area contributed by atoms with Gasteiger partial charge >= 0.3 is 17.9 Å². The topological polar surface area (TPSA) is 119 Å². The average Bonchev–Trinajstić information content (AvgIpc) is 2.37. The molecule has 0 bridgehead atoms. The fourth-order valence-electron chi connectivity index (χ4n) is 1.18. The van der Waals surface area contributed by atoms with E-state index < -0.39 is 29.6 Å². The first-order chi connectivity index (χ1) is 8.85. The number of aliphatic hydroxyl groups is 2. The Hall–Kier alpha value is -1.67. The Labute approximate surface area is 110 Å². The third kappa shape index (κ3) is 3.90. The molecule has 0 aromatic heterocycles. The van der Waals surface area contributed by atoms with E-state index in [1.807, 2.05) is 0 Å². The molecule has 0 aromatic rings. The van der Waals surface area contributed by atoms with Gasteiger partial charge in [-0.15, -0.1) is 0 Å². The van der Waals surface area contributed by atoms with E-state index in [1.165, 1.54) is 20.8 Å². The minimum Gasteiger partial charge on any atom is -0.464 e. The standard InChI is InChI=1S/C11H18O8/c1-4-17-8(13)7(12)11(16,9(14)18-5-2)10(15)19-6-3/h7,12,16H,4-6H2,1-3H3. The van der Waals surface area contributed by atoms with Crippen LogP contribution >= 0.6 is 0 Å². The summed E-state index contributed by atoms with van der Waals surface area (Å²) in [6.45, 7) is 3.91. The summed E-state index contributed by atoms with van der Waals surface area (Å²) in [5.41, 5.74) is -3.14. The summed E-state index contributed by atoms with van der Waals surface area (Å²) < 4.78 is 13.4. The van der Waals surface area contributed by atoms with Crippen molar-refractivity contribution >= 4 is 17.9 Å². The van der Waals surface area contributed by atoms with E-state index in [-0.39, 0.29) is 19.8 Å². The summed E-state index contributed by atoms with van der Waals surface area (Å²) in [6.07, 6.45) is -2.43. The van der Waals surface area contributed by atoms with Gasteiger partial charge in [0.2, 0.25) is 6.10 Å². The fourth-order valence-corrected chi connectivity index (χ4v) is 1.18. The van der Waals surface area contributed by atoms with Crippen LogP contribution in [0.25, 0.3) is 0 Å². The molecule has 0 rings (SSSR count). The average molecular weight is 278 g/mol. The van der Waals surface area contributed by atoms with Gasteiger partial charge in [-0.1, -0.05) is 0 Å². The van der Waals surface area contributed by atoms with E-state index in [1.54, 1.807) is 0 Å². The Kier molecular flexibility index (Phi) is 7.02. The van der Waals surface area contributed by atoms with Crippen LogP contribution in [-0.2, 0) is 28.6 Å². The number of esters is 3. The summed E-state index contributed by atoms with van der Waals surface area (Å²) in [4.78, 5) is 34.5. The lowest BCUT2D eigenvalue weighted by atomic mass is 9.96. The minimum absolute atomic E-state index is 0.0996. The molecule has 2 N–H and O–H groups in total. The molecule has 19 heavy (non-hydrogen) atoms. The van der Waals surface area contributed by atoms with Crippen LogP contribution in [0.2, 0.25) is 0 Å². The normalized spacial score (nSPS) is 12.5. The minimum atomic E-state index is -3.14. The molecule has 0 aliphatic carbocycles. The van der Waals surface area contributed by atoms with Crippen molar-refractivity contribution in [3.63, 3.8) is 0 Å². The van der Waals surface area contributed by atoms with Crippen molar-refractivity contribution < 1.29 is 38.8 Å². The van der Waals surface area contributed by atoms with Crippen LogP contribution < -0.4 is 0 Å². The van der Waals surface area contributed by atoms with Gasteiger partial charge in [0.15, 0.2) is 0 Å². The number of carbonyl (C=O) groups is 3. The van der Waals surface area contributed by atoms with Gasteiger partial charge in [-0.25, -0.2) is 14.4 Å². The summed E-state index contributed by atoms with van der Waals surface area (Å²) in [7, 11) is 0. The predicted octanol–water partition coefficient (Wildman–Crippen LogP) is -1.23. The van der Waals surface area contributed by atoms with Gasteiger partial charge < -0.3 is 24.4 Å². The van der Waals surface area contributed by atoms with Crippen LogP contribution in [-0.4, -0.2) is 59.6 Å². The molecule has 0 amide bonds. The maximum absolute atomic E-state index is 11.6. The van der Waals surface area contributed by atoms with Crippen molar-refractivity contribution in [2.75, 3.05) is 19.8 Å². The number of rotatable bonds is 7. The van der Waals surface area contributed by atoms with Crippen LogP contribution in [0, 0.1) is 0 Å². The molecule has 0 saturated carbocycles. The van der Waals surface area contributed by atoms with E-state index >= 15 is 0 Å². The van der Waals surface area contributed by atoms with Crippen molar-refractivity contribution in [3.05, 3.63) is 0 Å². The zero-order valence-electron chi connectivity index (χ0n) is 11.0. The first-order valence-corrected chi connectivity index (χ1v) is 5.77. The smallest absolute Gasteiger partial charge is 0.353 e. The van der Waals surface area contributed by atoms with Crippen molar-refractivity contribution in [2.24, 2.45) is 0 Å². The highest BCUT2D eigenvalue weighted by atomic mass is 16.6. The SMILES string of the molecule is CCOC(=O)C(O)C(O)(C(=O)OCC)C(=O)OCC. The second kappa shape index (κ2) is 7.70. The van der Waals surface area contributed by atoms with E-state index in [4.69, 9.17) is 0 Å². The lowest BCUT2D eigenvalue weighted by Crippen LogP contribution is -2.60. The summed E-state index contributed by atoms with van der Waals surface area (Å²) in [5, 5.41) is 19.6. The lowest BCUT2D eigenvalue weighted by Gasteiger charge is -2.26. The highest BCUT2D eigenvalue weighted by Crippen LogP contribution is 2.17. The maximum Gasteiger partial charge on any atom is 0.353 e. The second-order valence-corrected chi connectivity index (χ2v) is 3.36. The zero-order chi connectivity index (χ0) is 15.1. The number of hydrogen-bond donors (Lipinski definition) is 2. The van der Waals surface area contributed by atoms with Crippen molar-refractivity contribution in [1.82, 2.24) is 0 Å². The van der Waals surface area contributed by atoms with E-state index in [2.05, 4.69) is 14.2 Å². The van der Waals surface area contributed by atoms with Gasteiger partial charge in [-0.3, -0.25) is 0 Å². The molecule has 8 nitrogen and oxygen atoms in total. The third-order valence-corrected chi connectivity index (χ3v) is 2.08. The van der Waals surface area contributed by atoms with Crippen molar-refractivity contribution in [3.8, 4) is 0 Å². The van der Waals surface area contributed by atoms with Crippen molar-refractivity contribution in [1.29, 1.82) is 0 Å². The number of carbonyl (C=O) groups excluding carboxylic acids is 3. The molecule has 0 aromatic carbocycles. The van der Waals surface area contributed by atoms with Gasteiger partial charge in [0.25, 0.3) is 5.60 Å². The second-order valence-electron chi connectivity index (χ2n) is 3.36. The van der Waals surface area contributed by atoms with Gasteiger partial charge in [0.05, 0.1) is 19.8 Å². The molecule has 1 atom stereocenters. The molecule has 0 saturated heterocycles. The molecule has 0 aliphatic rings. The first-order valence-electron chi connectivity index (χ1n) is 5.77. The van der Waals surface area contributed by atoms with E-state index in [0.717, 1.165) is 0 Å². The molecule has 0 heterocycles. The van der Waals surface area contributed by atoms with Crippen LogP contribution in [0.5, 0.6) is 0 Å². The Balaban J connectivity index is 5.31. The van der Waals surface area contributed by atoms with Gasteiger partial charge in [0.1, 0.15) is 0 Å². The molecule has 8 heteroatoms. The zero-order valence-corrected chi connectivity index (χ0v) is 11.0. The number of ether oxygens (including phenoxy) is 3. The summed E-state index contributed by atoms with van der Waals surface area (Å²) in [6, 6.07) is 0.